The van der Waals surface area contributed by atoms with E-state index in [-0.39, 0.29) is 18.9 Å². The number of ether oxygens (including phenoxy) is 3. The lowest BCUT2D eigenvalue weighted by atomic mass is 10.1. The second kappa shape index (κ2) is 9.32. The van der Waals surface area contributed by atoms with E-state index in [9.17, 15) is 9.59 Å². The van der Waals surface area contributed by atoms with Crippen LogP contribution in [0.3, 0.4) is 0 Å². The molecule has 7 heteroatoms. The second-order valence-electron chi connectivity index (χ2n) is 7.01. The Morgan fingerprint density at radius 1 is 1.10 bits per heavy atom. The molecule has 1 fully saturated rings. The third-order valence-corrected chi connectivity index (χ3v) is 4.80. The summed E-state index contributed by atoms with van der Waals surface area (Å²) >= 11 is 0. The number of aliphatic carboxylic acids is 1. The van der Waals surface area contributed by atoms with Gasteiger partial charge in [-0.1, -0.05) is 23.8 Å². The second-order valence-corrected chi connectivity index (χ2v) is 7.01. The van der Waals surface area contributed by atoms with Gasteiger partial charge in [-0.25, -0.2) is 0 Å². The zero-order chi connectivity index (χ0) is 20.8. The fourth-order valence-corrected chi connectivity index (χ4v) is 3.19. The van der Waals surface area contributed by atoms with Gasteiger partial charge in [0.25, 0.3) is 0 Å². The van der Waals surface area contributed by atoms with E-state index in [1.54, 1.807) is 24.1 Å². The lowest BCUT2D eigenvalue weighted by molar-refractivity contribution is -0.141. The number of hydrogen-bond donors (Lipinski definition) is 1. The van der Waals surface area contributed by atoms with Gasteiger partial charge >= 0.3 is 5.97 Å². The van der Waals surface area contributed by atoms with Gasteiger partial charge in [-0.05, 0) is 36.8 Å². The number of amides is 1. The summed E-state index contributed by atoms with van der Waals surface area (Å²) in [7, 11) is 1.55. The molecule has 1 unspecified atom stereocenters. The minimum Gasteiger partial charge on any atom is -0.493 e. The Balaban J connectivity index is 1.54. The van der Waals surface area contributed by atoms with E-state index in [0.717, 1.165) is 11.3 Å². The van der Waals surface area contributed by atoms with E-state index < -0.39 is 11.9 Å². The summed E-state index contributed by atoms with van der Waals surface area (Å²) in [5, 5.41) is 9.10. The minimum absolute atomic E-state index is 0.0502. The molecule has 2 aromatic carbocycles. The Morgan fingerprint density at radius 2 is 1.83 bits per heavy atom. The van der Waals surface area contributed by atoms with Gasteiger partial charge in [0, 0.05) is 19.5 Å². The lowest BCUT2D eigenvalue weighted by Crippen LogP contribution is -2.25. The third kappa shape index (κ3) is 5.40. The molecule has 0 aromatic heterocycles. The van der Waals surface area contributed by atoms with Crippen LogP contribution in [-0.2, 0) is 16.1 Å². The van der Waals surface area contributed by atoms with Crippen molar-refractivity contribution in [2.75, 3.05) is 26.9 Å². The van der Waals surface area contributed by atoms with Crippen molar-refractivity contribution in [3.05, 3.63) is 53.6 Å². The average molecular weight is 399 g/mol. The summed E-state index contributed by atoms with van der Waals surface area (Å²) in [5.41, 5.74) is 2.03. The molecule has 1 aliphatic rings. The maximum atomic E-state index is 12.0. The van der Waals surface area contributed by atoms with Crippen molar-refractivity contribution in [3.63, 3.8) is 0 Å². The predicted octanol–water partition coefficient (Wildman–Crippen LogP) is 2.89. The number of methoxy groups -OCH3 is 1. The zero-order valence-electron chi connectivity index (χ0n) is 16.6. The Morgan fingerprint density at radius 3 is 2.48 bits per heavy atom. The number of benzene rings is 2. The first-order valence-corrected chi connectivity index (χ1v) is 9.46. The molecular formula is C22H25NO6. The monoisotopic (exact) mass is 399 g/mol. The molecule has 0 saturated carbocycles. The summed E-state index contributed by atoms with van der Waals surface area (Å²) in [6.07, 6.45) is 0.0502. The molecule has 1 heterocycles. The molecule has 1 N–H and O–H groups in total. The minimum atomic E-state index is -0.935. The number of carbonyl (C=O) groups excluding carboxylic acids is 1. The first-order valence-electron chi connectivity index (χ1n) is 9.46. The highest BCUT2D eigenvalue weighted by atomic mass is 16.5. The molecule has 1 aliphatic heterocycles. The molecule has 1 saturated heterocycles. The normalized spacial score (nSPS) is 16.0. The van der Waals surface area contributed by atoms with Crippen molar-refractivity contribution in [2.45, 2.75) is 19.9 Å². The van der Waals surface area contributed by atoms with Crippen LogP contribution in [0.5, 0.6) is 17.2 Å². The highest BCUT2D eigenvalue weighted by molar-refractivity contribution is 5.86. The van der Waals surface area contributed by atoms with Crippen molar-refractivity contribution in [1.29, 1.82) is 0 Å². The topological polar surface area (TPSA) is 85.3 Å². The fraction of sp³-hybridized carbons (Fsp3) is 0.364. The average Bonchev–Trinajstić information content (AvgIpc) is 3.08. The van der Waals surface area contributed by atoms with E-state index in [1.807, 2.05) is 37.3 Å². The van der Waals surface area contributed by atoms with Gasteiger partial charge in [0.1, 0.15) is 19.0 Å². The fourth-order valence-electron chi connectivity index (χ4n) is 3.19. The van der Waals surface area contributed by atoms with Crippen LogP contribution >= 0.6 is 0 Å². The molecule has 0 aliphatic carbocycles. The molecule has 3 rings (SSSR count). The first-order chi connectivity index (χ1) is 14.0. The number of carboxylic acids is 1. The van der Waals surface area contributed by atoms with Gasteiger partial charge in [0.15, 0.2) is 11.5 Å². The smallest absolute Gasteiger partial charge is 0.308 e. The summed E-state index contributed by atoms with van der Waals surface area (Å²) in [4.78, 5) is 24.7. The zero-order valence-corrected chi connectivity index (χ0v) is 16.6. The van der Waals surface area contributed by atoms with Gasteiger partial charge < -0.3 is 24.2 Å². The molecule has 29 heavy (non-hydrogen) atoms. The molecule has 7 nitrogen and oxygen atoms in total. The van der Waals surface area contributed by atoms with Gasteiger partial charge in [-0.3, -0.25) is 9.59 Å². The summed E-state index contributed by atoms with van der Waals surface area (Å²) < 4.78 is 16.8. The molecule has 1 atom stereocenters. The van der Waals surface area contributed by atoms with Gasteiger partial charge in [-0.15, -0.1) is 0 Å². The summed E-state index contributed by atoms with van der Waals surface area (Å²) in [6, 6.07) is 13.2. The maximum Gasteiger partial charge on any atom is 0.308 e. The van der Waals surface area contributed by atoms with Crippen LogP contribution in [0, 0.1) is 12.8 Å². The van der Waals surface area contributed by atoms with Crippen LogP contribution in [0.15, 0.2) is 42.5 Å². The summed E-state index contributed by atoms with van der Waals surface area (Å²) in [6.45, 7) is 3.34. The van der Waals surface area contributed by atoms with Crippen LogP contribution < -0.4 is 14.2 Å². The number of rotatable bonds is 9. The first kappa shape index (κ1) is 20.5. The molecule has 2 aromatic rings. The number of carbonyl (C=O) groups is 2. The van der Waals surface area contributed by atoms with Crippen LogP contribution in [0.4, 0.5) is 0 Å². The van der Waals surface area contributed by atoms with E-state index in [0.29, 0.717) is 31.3 Å². The quantitative estimate of drug-likeness (QED) is 0.653. The Hall–Kier alpha value is -3.22. The number of likely N-dealkylation sites (tertiary alicyclic amines) is 1. The molecule has 0 spiro atoms. The number of hydrogen-bond acceptors (Lipinski definition) is 5. The van der Waals surface area contributed by atoms with E-state index in [2.05, 4.69) is 0 Å². The van der Waals surface area contributed by atoms with E-state index in [4.69, 9.17) is 19.3 Å². The van der Waals surface area contributed by atoms with Crippen LogP contribution in [0.1, 0.15) is 17.5 Å². The predicted molar refractivity (Wildman–Crippen MR) is 106 cm³/mol. The number of nitrogens with zero attached hydrogens (tertiary/aromatic N) is 1. The standard InChI is InChI=1S/C22H25NO6/c1-15-3-6-18(7-4-15)28-9-10-29-19-8-5-16(11-20(19)27-2)13-23-14-17(22(25)26)12-21(23)24/h3-8,11,17H,9-10,12-14H2,1-2H3,(H,25,26). The van der Waals surface area contributed by atoms with Crippen molar-refractivity contribution < 1.29 is 28.9 Å². The third-order valence-electron chi connectivity index (χ3n) is 4.80. The summed E-state index contributed by atoms with van der Waals surface area (Å²) in [5.74, 6) is 0.205. The van der Waals surface area contributed by atoms with Crippen LogP contribution in [-0.4, -0.2) is 48.8 Å². The van der Waals surface area contributed by atoms with Gasteiger partial charge in [0.2, 0.25) is 5.91 Å². The Bertz CT molecular complexity index is 864. The molecule has 1 amide bonds. The van der Waals surface area contributed by atoms with Crippen molar-refractivity contribution >= 4 is 11.9 Å². The van der Waals surface area contributed by atoms with Gasteiger partial charge in [-0.2, -0.15) is 0 Å². The molecule has 0 bridgehead atoms. The van der Waals surface area contributed by atoms with Crippen LogP contribution in [0.2, 0.25) is 0 Å². The lowest BCUT2D eigenvalue weighted by Gasteiger charge is -2.18. The largest absolute Gasteiger partial charge is 0.493 e. The number of aryl methyl sites for hydroxylation is 1. The maximum absolute atomic E-state index is 12.0. The van der Waals surface area contributed by atoms with Crippen molar-refractivity contribution in [2.24, 2.45) is 5.92 Å². The van der Waals surface area contributed by atoms with Gasteiger partial charge in [0.05, 0.1) is 13.0 Å². The van der Waals surface area contributed by atoms with Crippen molar-refractivity contribution in [1.82, 2.24) is 4.90 Å². The SMILES string of the molecule is COc1cc(CN2CC(C(=O)O)CC2=O)ccc1OCCOc1ccc(C)cc1. The molecule has 0 radical (unpaired) electrons. The molecular weight excluding hydrogens is 374 g/mol. The highest BCUT2D eigenvalue weighted by Crippen LogP contribution is 2.29. The van der Waals surface area contributed by atoms with E-state index in [1.165, 1.54) is 5.56 Å². The molecule has 154 valence electrons. The Kier molecular flexibility index (Phi) is 6.59. The van der Waals surface area contributed by atoms with E-state index >= 15 is 0 Å². The highest BCUT2D eigenvalue weighted by Gasteiger charge is 2.34. The number of carboxylic acid groups (broad SMARTS) is 1. The van der Waals surface area contributed by atoms with Crippen LogP contribution in [0.25, 0.3) is 0 Å². The Labute approximate surface area is 169 Å². The van der Waals surface area contributed by atoms with Crippen molar-refractivity contribution in [3.8, 4) is 17.2 Å².